The lowest BCUT2D eigenvalue weighted by Crippen LogP contribution is -2.34. The zero-order chi connectivity index (χ0) is 21.1. The van der Waals surface area contributed by atoms with E-state index in [0.29, 0.717) is 27.6 Å². The van der Waals surface area contributed by atoms with Crippen LogP contribution in [0.4, 0.5) is 5.13 Å². The molecule has 2 aromatic heterocycles. The highest BCUT2D eigenvalue weighted by atomic mass is 35.5. The zero-order valence-electron chi connectivity index (χ0n) is 15.9. The summed E-state index contributed by atoms with van der Waals surface area (Å²) in [6.45, 7) is 4.04. The minimum absolute atomic E-state index is 0.0233. The molecule has 8 heteroatoms. The van der Waals surface area contributed by atoms with Crippen LogP contribution < -0.4 is 10.3 Å². The number of amides is 1. The molecule has 0 saturated carbocycles. The van der Waals surface area contributed by atoms with E-state index < -0.39 is 0 Å². The average Bonchev–Trinajstić information content (AvgIpc) is 3.24. The Labute approximate surface area is 181 Å². The summed E-state index contributed by atoms with van der Waals surface area (Å²) in [6.07, 6.45) is 2.88. The minimum Gasteiger partial charge on any atom is -0.287 e. The summed E-state index contributed by atoms with van der Waals surface area (Å²) in [4.78, 5) is 31.3. The van der Waals surface area contributed by atoms with Crippen LogP contribution in [0.25, 0.3) is 22.2 Å². The molecule has 1 amide bonds. The van der Waals surface area contributed by atoms with E-state index in [1.165, 1.54) is 22.2 Å². The van der Waals surface area contributed by atoms with Crippen molar-refractivity contribution in [1.29, 1.82) is 0 Å². The number of hydrogen-bond donors (Lipinski definition) is 0. The highest BCUT2D eigenvalue weighted by Crippen LogP contribution is 2.28. The Morgan fingerprint density at radius 1 is 1.20 bits per heavy atom. The fraction of sp³-hybridized carbons (Fsp3) is 0.0909. The van der Waals surface area contributed by atoms with E-state index in [9.17, 15) is 9.59 Å². The van der Waals surface area contributed by atoms with E-state index in [-0.39, 0.29) is 17.9 Å². The molecule has 0 radical (unpaired) electrons. The summed E-state index contributed by atoms with van der Waals surface area (Å²) < 4.78 is 1.53. The van der Waals surface area contributed by atoms with Crippen molar-refractivity contribution in [1.82, 2.24) is 14.8 Å². The molecule has 4 rings (SSSR count). The molecular weight excluding hydrogens is 420 g/mol. The van der Waals surface area contributed by atoms with Crippen molar-refractivity contribution in [3.8, 4) is 11.3 Å². The van der Waals surface area contributed by atoms with Crippen LogP contribution in [0, 0.1) is 0 Å². The van der Waals surface area contributed by atoms with Crippen molar-refractivity contribution < 1.29 is 4.79 Å². The van der Waals surface area contributed by atoms with Crippen molar-refractivity contribution in [2.75, 3.05) is 11.4 Å². The Bertz CT molecular complexity index is 1280. The first-order chi connectivity index (χ1) is 14.6. The standard InChI is InChI=1S/C22H17ClN4O2S/c1-2-11-26(22-25-18(14-30-22)15-7-9-16(23)10-8-15)21(29)13-27-19-6-4-3-5-17(19)20(28)12-24-27/h2-10,12,14H,1,11,13H2. The van der Waals surface area contributed by atoms with Gasteiger partial charge in [0.15, 0.2) is 5.13 Å². The number of fused-ring (bicyclic) bond motifs is 1. The molecule has 0 N–H and O–H groups in total. The van der Waals surface area contributed by atoms with Gasteiger partial charge in [-0.05, 0) is 24.3 Å². The summed E-state index contributed by atoms with van der Waals surface area (Å²) in [7, 11) is 0. The molecule has 0 aliphatic rings. The maximum Gasteiger partial charge on any atom is 0.250 e. The van der Waals surface area contributed by atoms with Crippen LogP contribution in [-0.2, 0) is 11.3 Å². The predicted octanol–water partition coefficient (Wildman–Crippen LogP) is 4.39. The molecule has 0 bridgehead atoms. The van der Waals surface area contributed by atoms with E-state index in [2.05, 4.69) is 16.7 Å². The number of hydrogen-bond acceptors (Lipinski definition) is 5. The van der Waals surface area contributed by atoms with Crippen LogP contribution in [0.3, 0.4) is 0 Å². The van der Waals surface area contributed by atoms with Gasteiger partial charge >= 0.3 is 0 Å². The quantitative estimate of drug-likeness (QED) is 0.420. The van der Waals surface area contributed by atoms with E-state index >= 15 is 0 Å². The molecule has 0 aliphatic heterocycles. The lowest BCUT2D eigenvalue weighted by molar-refractivity contribution is -0.119. The second-order valence-corrected chi connectivity index (χ2v) is 7.77. The third kappa shape index (κ3) is 4.03. The fourth-order valence-electron chi connectivity index (χ4n) is 3.06. The SMILES string of the molecule is C=CCN(C(=O)Cn1ncc(=O)c2ccccc21)c1nc(-c2ccc(Cl)cc2)cs1. The van der Waals surface area contributed by atoms with E-state index in [0.717, 1.165) is 11.3 Å². The van der Waals surface area contributed by atoms with Gasteiger partial charge in [-0.2, -0.15) is 5.10 Å². The minimum atomic E-state index is -0.201. The molecule has 0 spiro atoms. The molecule has 0 atom stereocenters. The van der Waals surface area contributed by atoms with Gasteiger partial charge in [0.25, 0.3) is 5.91 Å². The average molecular weight is 437 g/mol. The van der Waals surface area contributed by atoms with Crippen LogP contribution >= 0.6 is 22.9 Å². The Morgan fingerprint density at radius 2 is 1.97 bits per heavy atom. The molecule has 30 heavy (non-hydrogen) atoms. The number of nitrogens with zero attached hydrogens (tertiary/aromatic N) is 4. The second kappa shape index (κ2) is 8.61. The predicted molar refractivity (Wildman–Crippen MR) is 121 cm³/mol. The summed E-state index contributed by atoms with van der Waals surface area (Å²) >= 11 is 7.33. The molecular formula is C22H17ClN4O2S. The molecule has 150 valence electrons. The molecule has 4 aromatic rings. The third-order valence-electron chi connectivity index (χ3n) is 4.52. The number of anilines is 1. The number of halogens is 1. The Morgan fingerprint density at radius 3 is 2.73 bits per heavy atom. The fourth-order valence-corrected chi connectivity index (χ4v) is 4.04. The van der Waals surface area contributed by atoms with Crippen molar-refractivity contribution in [3.05, 3.63) is 88.0 Å². The number of aromatic nitrogens is 3. The van der Waals surface area contributed by atoms with Crippen LogP contribution in [0.2, 0.25) is 5.02 Å². The third-order valence-corrected chi connectivity index (χ3v) is 5.64. The van der Waals surface area contributed by atoms with Crippen LogP contribution in [0.5, 0.6) is 0 Å². The van der Waals surface area contributed by atoms with Crippen molar-refractivity contribution in [2.45, 2.75) is 6.54 Å². The van der Waals surface area contributed by atoms with Crippen molar-refractivity contribution >= 4 is 44.9 Å². The number of thiazole rings is 1. The first-order valence-electron chi connectivity index (χ1n) is 9.14. The summed E-state index contributed by atoms with van der Waals surface area (Å²) in [5.74, 6) is -0.201. The smallest absolute Gasteiger partial charge is 0.250 e. The summed E-state index contributed by atoms with van der Waals surface area (Å²) in [5.41, 5.74) is 2.11. The maximum absolute atomic E-state index is 13.1. The molecule has 0 unspecified atom stereocenters. The Balaban J connectivity index is 1.63. The van der Waals surface area contributed by atoms with Crippen molar-refractivity contribution in [2.24, 2.45) is 0 Å². The van der Waals surface area contributed by atoms with Gasteiger partial charge in [0.05, 0.1) is 17.4 Å². The zero-order valence-corrected chi connectivity index (χ0v) is 17.4. The molecule has 0 fully saturated rings. The number of para-hydroxylation sites is 1. The Hall–Kier alpha value is -3.29. The van der Waals surface area contributed by atoms with E-state index in [1.807, 2.05) is 23.6 Å². The summed E-state index contributed by atoms with van der Waals surface area (Å²) in [6, 6.07) is 14.5. The monoisotopic (exact) mass is 436 g/mol. The number of carbonyl (C=O) groups is 1. The molecule has 0 saturated heterocycles. The molecule has 2 heterocycles. The van der Waals surface area contributed by atoms with Crippen LogP contribution in [-0.4, -0.2) is 27.2 Å². The second-order valence-electron chi connectivity index (χ2n) is 6.50. The first-order valence-corrected chi connectivity index (χ1v) is 10.4. The van der Waals surface area contributed by atoms with Gasteiger partial charge in [0.1, 0.15) is 6.54 Å². The lowest BCUT2D eigenvalue weighted by atomic mass is 10.2. The van der Waals surface area contributed by atoms with Gasteiger partial charge in [0.2, 0.25) is 5.43 Å². The van der Waals surface area contributed by atoms with Gasteiger partial charge < -0.3 is 0 Å². The van der Waals surface area contributed by atoms with Crippen LogP contribution in [0.15, 0.2) is 77.6 Å². The number of rotatable bonds is 6. The van der Waals surface area contributed by atoms with Gasteiger partial charge in [-0.3, -0.25) is 19.2 Å². The van der Waals surface area contributed by atoms with E-state index in [4.69, 9.17) is 11.6 Å². The van der Waals surface area contributed by atoms with Crippen molar-refractivity contribution in [3.63, 3.8) is 0 Å². The number of carbonyl (C=O) groups excluding carboxylic acids is 1. The number of benzene rings is 2. The summed E-state index contributed by atoms with van der Waals surface area (Å²) in [5, 5.41) is 7.78. The van der Waals surface area contributed by atoms with Gasteiger partial charge in [-0.25, -0.2) is 4.98 Å². The van der Waals surface area contributed by atoms with Gasteiger partial charge in [-0.15, -0.1) is 17.9 Å². The molecule has 0 aliphatic carbocycles. The topological polar surface area (TPSA) is 68.1 Å². The Kier molecular flexibility index (Phi) is 5.74. The maximum atomic E-state index is 13.1. The first kappa shape index (κ1) is 20.0. The largest absolute Gasteiger partial charge is 0.287 e. The normalized spacial score (nSPS) is 10.8. The van der Waals surface area contributed by atoms with Gasteiger partial charge in [-0.1, -0.05) is 41.9 Å². The van der Waals surface area contributed by atoms with E-state index in [1.54, 1.807) is 41.3 Å². The van der Waals surface area contributed by atoms with Gasteiger partial charge in [0, 0.05) is 27.9 Å². The lowest BCUT2D eigenvalue weighted by Gasteiger charge is -2.19. The molecule has 2 aromatic carbocycles. The van der Waals surface area contributed by atoms with Crippen LogP contribution in [0.1, 0.15) is 0 Å². The molecule has 6 nitrogen and oxygen atoms in total. The highest BCUT2D eigenvalue weighted by Gasteiger charge is 2.20. The highest BCUT2D eigenvalue weighted by molar-refractivity contribution is 7.14.